The number of rotatable bonds is 5. The quantitative estimate of drug-likeness (QED) is 0.875. The topological polar surface area (TPSA) is 66.4 Å². The highest BCUT2D eigenvalue weighted by atomic mass is 19.1. The first-order chi connectivity index (χ1) is 10.8. The van der Waals surface area contributed by atoms with E-state index in [0.29, 0.717) is 37.8 Å². The number of halogens is 1. The normalized spacial score (nSPS) is 21.7. The Kier molecular flexibility index (Phi) is 5.39. The average molecular weight is 321 g/mol. The third-order valence-electron chi connectivity index (χ3n) is 4.75. The van der Waals surface area contributed by atoms with Crippen molar-refractivity contribution in [2.45, 2.75) is 44.9 Å². The lowest BCUT2D eigenvalue weighted by Gasteiger charge is -2.29. The number of carboxylic acid groups (broad SMARTS) is 1. The third kappa shape index (κ3) is 4.30. The monoisotopic (exact) mass is 321 g/mol. The predicted octanol–water partition coefficient (Wildman–Crippen LogP) is 3.11. The zero-order chi connectivity index (χ0) is 17.0. The van der Waals surface area contributed by atoms with E-state index in [-0.39, 0.29) is 23.6 Å². The van der Waals surface area contributed by atoms with Gasteiger partial charge in [-0.1, -0.05) is 32.0 Å². The standard InChI is InChI=1S/C18H24FNO3/c1-18(2,14-5-3-4-6-15(14)19)11-20-16(21)12-7-9-13(10-8-12)17(22)23/h3-6,12-13H,7-11H2,1-2H3,(H,20,21)(H,22,23). The molecular weight excluding hydrogens is 297 g/mol. The first kappa shape index (κ1) is 17.4. The summed E-state index contributed by atoms with van der Waals surface area (Å²) in [6.07, 6.45) is 2.29. The van der Waals surface area contributed by atoms with E-state index in [9.17, 15) is 14.0 Å². The van der Waals surface area contributed by atoms with Gasteiger partial charge in [-0.2, -0.15) is 0 Å². The Morgan fingerprint density at radius 1 is 1.17 bits per heavy atom. The largest absolute Gasteiger partial charge is 0.481 e. The lowest BCUT2D eigenvalue weighted by molar-refractivity contribution is -0.144. The molecule has 1 saturated carbocycles. The van der Waals surface area contributed by atoms with Gasteiger partial charge in [0.05, 0.1) is 5.92 Å². The first-order valence-electron chi connectivity index (χ1n) is 8.07. The maximum absolute atomic E-state index is 13.9. The summed E-state index contributed by atoms with van der Waals surface area (Å²) in [7, 11) is 0. The van der Waals surface area contributed by atoms with Gasteiger partial charge in [-0.25, -0.2) is 4.39 Å². The van der Waals surface area contributed by atoms with Crippen LogP contribution in [0, 0.1) is 17.7 Å². The van der Waals surface area contributed by atoms with Crippen molar-refractivity contribution in [2.24, 2.45) is 11.8 Å². The molecule has 0 radical (unpaired) electrons. The molecule has 1 fully saturated rings. The molecule has 0 atom stereocenters. The number of nitrogens with one attached hydrogen (secondary N) is 1. The minimum Gasteiger partial charge on any atom is -0.481 e. The summed E-state index contributed by atoms with van der Waals surface area (Å²) in [5, 5.41) is 11.9. The van der Waals surface area contributed by atoms with Crippen molar-refractivity contribution in [1.29, 1.82) is 0 Å². The van der Waals surface area contributed by atoms with Crippen LogP contribution in [0.1, 0.15) is 45.1 Å². The molecule has 2 rings (SSSR count). The molecule has 1 aliphatic carbocycles. The number of hydrogen-bond donors (Lipinski definition) is 2. The predicted molar refractivity (Wildman–Crippen MR) is 85.5 cm³/mol. The van der Waals surface area contributed by atoms with E-state index >= 15 is 0 Å². The van der Waals surface area contributed by atoms with E-state index in [1.165, 1.54) is 6.07 Å². The number of benzene rings is 1. The summed E-state index contributed by atoms with van der Waals surface area (Å²) in [6, 6.07) is 6.59. The van der Waals surface area contributed by atoms with Crippen LogP contribution in [0.25, 0.3) is 0 Å². The van der Waals surface area contributed by atoms with E-state index in [4.69, 9.17) is 5.11 Å². The molecule has 0 aliphatic heterocycles. The molecule has 1 amide bonds. The molecule has 4 nitrogen and oxygen atoms in total. The summed E-state index contributed by atoms with van der Waals surface area (Å²) in [5.41, 5.74) is 0.0779. The summed E-state index contributed by atoms with van der Waals surface area (Å²) in [5.74, 6) is -1.56. The van der Waals surface area contributed by atoms with E-state index in [1.54, 1.807) is 18.2 Å². The Bertz CT molecular complexity index is 577. The molecule has 23 heavy (non-hydrogen) atoms. The highest BCUT2D eigenvalue weighted by Gasteiger charge is 2.31. The van der Waals surface area contributed by atoms with Crippen LogP contribution in [0.3, 0.4) is 0 Å². The van der Waals surface area contributed by atoms with Crippen LogP contribution >= 0.6 is 0 Å². The van der Waals surface area contributed by atoms with Crippen LogP contribution in [0.4, 0.5) is 4.39 Å². The molecule has 1 aromatic carbocycles. The van der Waals surface area contributed by atoms with Crippen LogP contribution in [0.15, 0.2) is 24.3 Å². The van der Waals surface area contributed by atoms with Crippen molar-refractivity contribution in [1.82, 2.24) is 5.32 Å². The first-order valence-corrected chi connectivity index (χ1v) is 8.07. The lowest BCUT2D eigenvalue weighted by Crippen LogP contribution is -2.41. The lowest BCUT2D eigenvalue weighted by atomic mass is 9.81. The van der Waals surface area contributed by atoms with Gasteiger partial charge in [-0.3, -0.25) is 9.59 Å². The molecule has 0 heterocycles. The smallest absolute Gasteiger partial charge is 0.306 e. The number of hydrogen-bond acceptors (Lipinski definition) is 2. The van der Waals surface area contributed by atoms with Crippen LogP contribution in [-0.4, -0.2) is 23.5 Å². The van der Waals surface area contributed by atoms with Gasteiger partial charge in [-0.05, 0) is 37.3 Å². The minimum atomic E-state index is -0.774. The molecule has 1 aromatic rings. The molecule has 0 saturated heterocycles. The van der Waals surface area contributed by atoms with Gasteiger partial charge >= 0.3 is 5.97 Å². The minimum absolute atomic E-state index is 0.0572. The molecule has 126 valence electrons. The highest BCUT2D eigenvalue weighted by molar-refractivity contribution is 5.79. The van der Waals surface area contributed by atoms with Gasteiger partial charge in [0.25, 0.3) is 0 Å². The van der Waals surface area contributed by atoms with Crippen LogP contribution in [-0.2, 0) is 15.0 Å². The van der Waals surface area contributed by atoms with E-state index < -0.39 is 11.4 Å². The fourth-order valence-corrected chi connectivity index (χ4v) is 3.16. The van der Waals surface area contributed by atoms with Gasteiger partial charge in [0.15, 0.2) is 0 Å². The molecule has 2 N–H and O–H groups in total. The zero-order valence-electron chi connectivity index (χ0n) is 13.6. The molecule has 0 unspecified atom stereocenters. The summed E-state index contributed by atoms with van der Waals surface area (Å²) in [4.78, 5) is 23.2. The summed E-state index contributed by atoms with van der Waals surface area (Å²) in [6.45, 7) is 4.14. The number of carbonyl (C=O) groups is 2. The SMILES string of the molecule is CC(C)(CNC(=O)C1CCC(C(=O)O)CC1)c1ccccc1F. The van der Waals surface area contributed by atoms with E-state index in [2.05, 4.69) is 5.32 Å². The van der Waals surface area contributed by atoms with E-state index in [0.717, 1.165) is 0 Å². The Morgan fingerprint density at radius 3 is 2.30 bits per heavy atom. The van der Waals surface area contributed by atoms with Gasteiger partial charge < -0.3 is 10.4 Å². The Balaban J connectivity index is 1.89. The molecule has 0 bridgehead atoms. The Hall–Kier alpha value is -1.91. The second-order valence-electron chi connectivity index (χ2n) is 6.97. The molecule has 0 spiro atoms. The van der Waals surface area contributed by atoms with Crippen molar-refractivity contribution < 1.29 is 19.1 Å². The van der Waals surface area contributed by atoms with E-state index in [1.807, 2.05) is 13.8 Å². The van der Waals surface area contributed by atoms with Crippen molar-refractivity contribution >= 4 is 11.9 Å². The summed E-state index contributed by atoms with van der Waals surface area (Å²) >= 11 is 0. The Morgan fingerprint density at radius 2 is 1.74 bits per heavy atom. The van der Waals surface area contributed by atoms with Gasteiger partial charge in [0.2, 0.25) is 5.91 Å². The number of aliphatic carboxylic acids is 1. The fourth-order valence-electron chi connectivity index (χ4n) is 3.16. The maximum Gasteiger partial charge on any atom is 0.306 e. The molecular formula is C18H24FNO3. The zero-order valence-corrected chi connectivity index (χ0v) is 13.6. The maximum atomic E-state index is 13.9. The fraction of sp³-hybridized carbons (Fsp3) is 0.556. The van der Waals surface area contributed by atoms with Gasteiger partial charge in [-0.15, -0.1) is 0 Å². The highest BCUT2D eigenvalue weighted by Crippen LogP contribution is 2.30. The number of carboxylic acids is 1. The van der Waals surface area contributed by atoms with Crippen molar-refractivity contribution in [3.05, 3.63) is 35.6 Å². The second kappa shape index (κ2) is 7.11. The second-order valence-corrected chi connectivity index (χ2v) is 6.97. The molecule has 0 aromatic heterocycles. The third-order valence-corrected chi connectivity index (χ3v) is 4.75. The van der Waals surface area contributed by atoms with Crippen LogP contribution < -0.4 is 5.32 Å². The molecule has 5 heteroatoms. The summed E-state index contributed by atoms with van der Waals surface area (Å²) < 4.78 is 13.9. The van der Waals surface area contributed by atoms with Gasteiger partial charge in [0, 0.05) is 17.9 Å². The molecule has 1 aliphatic rings. The van der Waals surface area contributed by atoms with Crippen molar-refractivity contribution in [3.8, 4) is 0 Å². The van der Waals surface area contributed by atoms with Gasteiger partial charge in [0.1, 0.15) is 5.82 Å². The van der Waals surface area contributed by atoms with Crippen LogP contribution in [0.5, 0.6) is 0 Å². The van der Waals surface area contributed by atoms with Crippen molar-refractivity contribution in [3.63, 3.8) is 0 Å². The van der Waals surface area contributed by atoms with Crippen molar-refractivity contribution in [2.75, 3.05) is 6.54 Å². The van der Waals surface area contributed by atoms with Crippen LogP contribution in [0.2, 0.25) is 0 Å². The number of carbonyl (C=O) groups excluding carboxylic acids is 1. The number of amides is 1. The average Bonchev–Trinajstić information content (AvgIpc) is 2.53. The Labute approximate surface area is 136 Å².